The minimum absolute atomic E-state index is 0.0101. The summed E-state index contributed by atoms with van der Waals surface area (Å²) in [6.07, 6.45) is 0.581. The first kappa shape index (κ1) is 49.7. The van der Waals surface area contributed by atoms with Crippen LogP contribution in [0.2, 0.25) is 0 Å². The summed E-state index contributed by atoms with van der Waals surface area (Å²) in [6.45, 7) is 20.1. The van der Waals surface area contributed by atoms with E-state index in [1.807, 2.05) is 27.7 Å². The van der Waals surface area contributed by atoms with Crippen LogP contribution in [-0.4, -0.2) is 118 Å². The van der Waals surface area contributed by atoms with E-state index in [1.165, 1.54) is 20.8 Å². The second kappa shape index (κ2) is 31.8. The number of hydrogen-bond donors (Lipinski definition) is 5. The number of hydrogen-bond acceptors (Lipinski definition) is 10. The Morgan fingerprint density at radius 3 is 1.46 bits per heavy atom. The molecule has 0 rings (SSSR count). The number of ether oxygens (including phenoxy) is 4. The maximum absolute atomic E-state index is 11.7. The van der Waals surface area contributed by atoms with Gasteiger partial charge >= 0.3 is 11.9 Å². The zero-order valence-electron chi connectivity index (χ0n) is 29.7. The summed E-state index contributed by atoms with van der Waals surface area (Å²) < 4.78 is 20.7. The van der Waals surface area contributed by atoms with E-state index in [4.69, 9.17) is 29.2 Å². The molecule has 0 aliphatic carbocycles. The molecule has 0 aromatic rings. The molecule has 0 saturated carbocycles. The number of carbonyl (C=O) groups is 6. The maximum atomic E-state index is 11.7. The zero-order valence-corrected chi connectivity index (χ0v) is 29.7. The highest BCUT2D eigenvalue weighted by atomic mass is 16.5. The normalized spacial score (nSPS) is 10.4. The molecule has 0 aromatic carbocycles. The molecule has 0 radical (unpaired) electrons. The van der Waals surface area contributed by atoms with Gasteiger partial charge < -0.3 is 45.1 Å². The average Bonchev–Trinajstić information content (AvgIpc) is 2.99. The fourth-order valence-electron chi connectivity index (χ4n) is 3.18. The topological polar surface area (TPSA) is 216 Å². The van der Waals surface area contributed by atoms with Gasteiger partial charge in [-0.2, -0.15) is 0 Å². The van der Waals surface area contributed by atoms with E-state index in [0.717, 1.165) is 0 Å². The monoisotopic (exact) mass is 667 g/mol. The molecule has 0 atom stereocenters. The Bertz CT molecular complexity index is 849. The fraction of sp³-hybridized carbons (Fsp3) is 0.806. The van der Waals surface area contributed by atoms with Crippen molar-refractivity contribution in [3.05, 3.63) is 0 Å². The SMILES string of the molecule is CC.CC.CC(C)(CC(C)(C)C(=O)NCC(=O)O)C(=O)O.CCC(=O)NCCOCCOCC(=O)NCCOCCOCC(C)=O. The number of rotatable bonds is 23. The van der Waals surface area contributed by atoms with E-state index < -0.39 is 35.2 Å². The van der Waals surface area contributed by atoms with Crippen LogP contribution in [0.4, 0.5) is 0 Å². The van der Waals surface area contributed by atoms with Crippen molar-refractivity contribution in [2.24, 2.45) is 10.8 Å². The van der Waals surface area contributed by atoms with Crippen molar-refractivity contribution in [1.82, 2.24) is 16.0 Å². The van der Waals surface area contributed by atoms with Gasteiger partial charge in [-0.3, -0.25) is 28.8 Å². The van der Waals surface area contributed by atoms with Gasteiger partial charge in [-0.25, -0.2) is 0 Å². The molecule has 0 aliphatic heterocycles. The molecule has 15 heteroatoms. The molecule has 5 N–H and O–H groups in total. The first-order chi connectivity index (χ1) is 21.5. The van der Waals surface area contributed by atoms with Crippen molar-refractivity contribution >= 4 is 35.4 Å². The van der Waals surface area contributed by atoms with Gasteiger partial charge in [-0.05, 0) is 27.2 Å². The number of Topliss-reactive ketones (excluding diaryl/α,β-unsaturated/α-hetero) is 1. The van der Waals surface area contributed by atoms with Gasteiger partial charge in [0.25, 0.3) is 0 Å². The number of carboxylic acid groups (broad SMARTS) is 2. The van der Waals surface area contributed by atoms with E-state index in [0.29, 0.717) is 59.2 Å². The van der Waals surface area contributed by atoms with Gasteiger partial charge in [-0.15, -0.1) is 0 Å². The van der Waals surface area contributed by atoms with Gasteiger partial charge in [-0.1, -0.05) is 48.5 Å². The molecule has 0 spiro atoms. The second-order valence-electron chi connectivity index (χ2n) is 10.4. The summed E-state index contributed by atoms with van der Waals surface area (Å²) in [5.74, 6) is -2.85. The molecule has 0 unspecified atom stereocenters. The molecule has 0 heterocycles. The van der Waals surface area contributed by atoms with Crippen molar-refractivity contribution in [3.63, 3.8) is 0 Å². The standard InChI is InChI=1S/C16H30N2O7.C11H19NO5.2C2H6/c1-3-15(20)17-4-6-22-9-11-25-13-16(21)18-5-7-23-8-10-24-12-14(2)19;1-10(2,6-11(3,4)9(16)17)8(15)12-5-7(13)14;2*1-2/h3-13H2,1-2H3,(H,17,20)(H,18,21);5-6H2,1-4H3,(H,12,15)(H,13,14)(H,16,17);2*1-2H3. The predicted octanol–water partition coefficient (Wildman–Crippen LogP) is 2.05. The Hall–Kier alpha value is -3.14. The third-order valence-electron chi connectivity index (χ3n) is 5.22. The third-order valence-corrected chi connectivity index (χ3v) is 5.22. The lowest BCUT2D eigenvalue weighted by Gasteiger charge is -2.30. The lowest BCUT2D eigenvalue weighted by Crippen LogP contribution is -2.43. The highest BCUT2D eigenvalue weighted by molar-refractivity contribution is 5.86. The molecule has 46 heavy (non-hydrogen) atoms. The maximum Gasteiger partial charge on any atom is 0.322 e. The van der Waals surface area contributed by atoms with Crippen LogP contribution in [0, 0.1) is 10.8 Å². The van der Waals surface area contributed by atoms with Gasteiger partial charge in [0.15, 0.2) is 5.78 Å². The molecular formula is C31H61N3O12. The first-order valence-corrected chi connectivity index (χ1v) is 15.6. The molecule has 3 amide bonds. The Labute approximate surface area is 274 Å². The summed E-state index contributed by atoms with van der Waals surface area (Å²) in [5.41, 5.74) is -1.97. The Morgan fingerprint density at radius 1 is 0.609 bits per heavy atom. The van der Waals surface area contributed by atoms with Crippen molar-refractivity contribution in [2.45, 2.75) is 82.1 Å². The lowest BCUT2D eigenvalue weighted by molar-refractivity contribution is -0.150. The van der Waals surface area contributed by atoms with Crippen molar-refractivity contribution in [2.75, 3.05) is 72.5 Å². The summed E-state index contributed by atoms with van der Waals surface area (Å²) in [4.78, 5) is 66.0. The minimum Gasteiger partial charge on any atom is -0.481 e. The third kappa shape index (κ3) is 33.7. The summed E-state index contributed by atoms with van der Waals surface area (Å²) >= 11 is 0. The van der Waals surface area contributed by atoms with Crippen LogP contribution < -0.4 is 16.0 Å². The Morgan fingerprint density at radius 2 is 1.04 bits per heavy atom. The number of aliphatic carboxylic acids is 2. The van der Waals surface area contributed by atoms with Crippen molar-refractivity contribution in [1.29, 1.82) is 0 Å². The first-order valence-electron chi connectivity index (χ1n) is 15.6. The number of amides is 3. The predicted molar refractivity (Wildman–Crippen MR) is 173 cm³/mol. The number of carboxylic acids is 2. The number of nitrogens with one attached hydrogen (secondary N) is 3. The van der Waals surface area contributed by atoms with E-state index in [9.17, 15) is 28.8 Å². The second-order valence-corrected chi connectivity index (χ2v) is 10.4. The molecule has 272 valence electrons. The van der Waals surface area contributed by atoms with Crippen molar-refractivity contribution < 1.29 is 57.9 Å². The number of ketones is 1. The van der Waals surface area contributed by atoms with Crippen LogP contribution in [0.5, 0.6) is 0 Å². The van der Waals surface area contributed by atoms with E-state index in [1.54, 1.807) is 20.8 Å². The van der Waals surface area contributed by atoms with Gasteiger partial charge in [0.2, 0.25) is 17.7 Å². The minimum atomic E-state index is -1.13. The van der Waals surface area contributed by atoms with Crippen LogP contribution in [-0.2, 0) is 47.7 Å². The van der Waals surface area contributed by atoms with Crippen LogP contribution in [0.15, 0.2) is 0 Å². The quantitative estimate of drug-likeness (QED) is 0.0990. The van der Waals surface area contributed by atoms with E-state index in [2.05, 4.69) is 16.0 Å². The zero-order chi connectivity index (χ0) is 36.6. The Balaban J connectivity index is -0.000000365. The lowest BCUT2D eigenvalue weighted by atomic mass is 9.74. The van der Waals surface area contributed by atoms with Crippen LogP contribution in [0.1, 0.15) is 82.1 Å². The Kier molecular flexibility index (Phi) is 34.4. The molecule has 0 aliphatic rings. The molecule has 0 saturated heterocycles. The largest absolute Gasteiger partial charge is 0.481 e. The molecule has 0 bridgehead atoms. The van der Waals surface area contributed by atoms with E-state index >= 15 is 0 Å². The van der Waals surface area contributed by atoms with Gasteiger partial charge in [0, 0.05) is 24.9 Å². The van der Waals surface area contributed by atoms with Gasteiger partial charge in [0.05, 0.1) is 45.1 Å². The molecule has 0 aromatic heterocycles. The van der Waals surface area contributed by atoms with E-state index in [-0.39, 0.29) is 37.2 Å². The molecule has 0 fully saturated rings. The smallest absolute Gasteiger partial charge is 0.322 e. The van der Waals surface area contributed by atoms with Crippen molar-refractivity contribution in [3.8, 4) is 0 Å². The van der Waals surface area contributed by atoms with Crippen LogP contribution >= 0.6 is 0 Å². The fourth-order valence-corrected chi connectivity index (χ4v) is 3.18. The summed E-state index contributed by atoms with van der Waals surface area (Å²) in [5, 5.41) is 25.0. The van der Waals surface area contributed by atoms with Crippen LogP contribution in [0.3, 0.4) is 0 Å². The number of carbonyl (C=O) groups excluding carboxylic acids is 4. The highest BCUT2D eigenvalue weighted by Crippen LogP contribution is 2.33. The average molecular weight is 668 g/mol. The van der Waals surface area contributed by atoms with Gasteiger partial charge in [0.1, 0.15) is 19.8 Å². The summed E-state index contributed by atoms with van der Waals surface area (Å²) in [6, 6.07) is 0. The highest BCUT2D eigenvalue weighted by Gasteiger charge is 2.38. The van der Waals surface area contributed by atoms with Crippen LogP contribution in [0.25, 0.3) is 0 Å². The molecule has 15 nitrogen and oxygen atoms in total. The summed E-state index contributed by atoms with van der Waals surface area (Å²) in [7, 11) is 0. The molecular weight excluding hydrogens is 606 g/mol.